The maximum absolute atomic E-state index is 4.70. The fraction of sp³-hybridized carbons (Fsp3) is 0.250. The molecule has 4 aromatic rings. The first-order chi connectivity index (χ1) is 13.1. The third-order valence-corrected chi connectivity index (χ3v) is 4.46. The van der Waals surface area contributed by atoms with E-state index in [4.69, 9.17) is 4.98 Å². The van der Waals surface area contributed by atoms with Crippen LogP contribution in [0, 0.1) is 0 Å². The standard InChI is InChI=1S/C20H23N7/c1-13(2)27-12-16(11-22-27)24-20-25-18-17(9-10-21-18)19(26-20)23-14(3)15-7-5-4-6-8-15/h4-14H,1-3H3,(H3,21,23,24,25,26)/t14-/m0/s1. The Hall–Kier alpha value is -3.35. The van der Waals surface area contributed by atoms with Gasteiger partial charge < -0.3 is 15.6 Å². The molecule has 27 heavy (non-hydrogen) atoms. The number of anilines is 3. The van der Waals surface area contributed by atoms with E-state index in [0.29, 0.717) is 12.0 Å². The Kier molecular flexibility index (Phi) is 4.50. The van der Waals surface area contributed by atoms with Gasteiger partial charge in [0.25, 0.3) is 0 Å². The highest BCUT2D eigenvalue weighted by Gasteiger charge is 2.13. The van der Waals surface area contributed by atoms with Crippen LogP contribution in [0.2, 0.25) is 0 Å². The molecule has 0 amide bonds. The molecule has 1 atom stereocenters. The van der Waals surface area contributed by atoms with E-state index in [1.54, 1.807) is 6.20 Å². The SMILES string of the molecule is CC(C)n1cc(Nc2nc(N[C@@H](C)c3ccccc3)c3cc[nH]c3n2)cn1. The van der Waals surface area contributed by atoms with Crippen LogP contribution in [0.3, 0.4) is 0 Å². The maximum atomic E-state index is 4.70. The van der Waals surface area contributed by atoms with E-state index in [0.717, 1.165) is 22.5 Å². The number of H-pyrrole nitrogens is 1. The van der Waals surface area contributed by atoms with Crippen LogP contribution in [0.5, 0.6) is 0 Å². The zero-order chi connectivity index (χ0) is 18.8. The summed E-state index contributed by atoms with van der Waals surface area (Å²) in [5.41, 5.74) is 2.84. The van der Waals surface area contributed by atoms with Crippen molar-refractivity contribution in [3.63, 3.8) is 0 Å². The van der Waals surface area contributed by atoms with Crippen LogP contribution in [-0.2, 0) is 0 Å². The van der Waals surface area contributed by atoms with E-state index < -0.39 is 0 Å². The Morgan fingerprint density at radius 3 is 2.59 bits per heavy atom. The van der Waals surface area contributed by atoms with Gasteiger partial charge in [-0.2, -0.15) is 15.1 Å². The Morgan fingerprint density at radius 1 is 1.04 bits per heavy atom. The lowest BCUT2D eigenvalue weighted by Gasteiger charge is -2.16. The first kappa shape index (κ1) is 17.1. The van der Waals surface area contributed by atoms with Crippen molar-refractivity contribution in [3.8, 4) is 0 Å². The van der Waals surface area contributed by atoms with Gasteiger partial charge in [0.1, 0.15) is 11.5 Å². The lowest BCUT2D eigenvalue weighted by molar-refractivity contribution is 0.532. The van der Waals surface area contributed by atoms with Gasteiger partial charge >= 0.3 is 0 Å². The van der Waals surface area contributed by atoms with Crippen molar-refractivity contribution in [2.45, 2.75) is 32.9 Å². The Labute approximate surface area is 157 Å². The monoisotopic (exact) mass is 361 g/mol. The number of benzene rings is 1. The molecule has 0 spiro atoms. The molecule has 3 N–H and O–H groups in total. The summed E-state index contributed by atoms with van der Waals surface area (Å²) in [4.78, 5) is 12.4. The van der Waals surface area contributed by atoms with Crippen LogP contribution in [0.25, 0.3) is 11.0 Å². The molecule has 1 aromatic carbocycles. The fourth-order valence-corrected chi connectivity index (χ4v) is 2.95. The molecule has 0 saturated carbocycles. The highest BCUT2D eigenvalue weighted by molar-refractivity contribution is 5.88. The summed E-state index contributed by atoms with van der Waals surface area (Å²) in [6.45, 7) is 6.30. The van der Waals surface area contributed by atoms with E-state index in [1.165, 1.54) is 5.56 Å². The van der Waals surface area contributed by atoms with Crippen LogP contribution in [0.1, 0.15) is 38.4 Å². The number of aromatic amines is 1. The summed E-state index contributed by atoms with van der Waals surface area (Å²) in [6, 6.07) is 12.7. The molecule has 3 heterocycles. The van der Waals surface area contributed by atoms with Gasteiger partial charge in [-0.3, -0.25) is 4.68 Å². The number of rotatable bonds is 6. The molecule has 0 unspecified atom stereocenters. The summed E-state index contributed by atoms with van der Waals surface area (Å²) in [7, 11) is 0. The van der Waals surface area contributed by atoms with Gasteiger partial charge in [-0.15, -0.1) is 0 Å². The van der Waals surface area contributed by atoms with E-state index in [9.17, 15) is 0 Å². The number of nitrogens with zero attached hydrogens (tertiary/aromatic N) is 4. The van der Waals surface area contributed by atoms with Crippen LogP contribution >= 0.6 is 0 Å². The van der Waals surface area contributed by atoms with Gasteiger partial charge in [0.2, 0.25) is 5.95 Å². The third-order valence-electron chi connectivity index (χ3n) is 4.46. The first-order valence-electron chi connectivity index (χ1n) is 9.08. The molecule has 0 bridgehead atoms. The molecule has 7 nitrogen and oxygen atoms in total. The predicted octanol–water partition coefficient (Wildman–Crippen LogP) is 4.65. The van der Waals surface area contributed by atoms with Gasteiger partial charge in [0, 0.05) is 24.5 Å². The molecule has 3 aromatic heterocycles. The third kappa shape index (κ3) is 3.62. The highest BCUT2D eigenvalue weighted by atomic mass is 15.3. The second-order valence-electron chi connectivity index (χ2n) is 6.84. The van der Waals surface area contributed by atoms with Gasteiger partial charge in [-0.1, -0.05) is 30.3 Å². The van der Waals surface area contributed by atoms with E-state index in [1.807, 2.05) is 41.3 Å². The van der Waals surface area contributed by atoms with Crippen molar-refractivity contribution in [2.24, 2.45) is 0 Å². The zero-order valence-electron chi connectivity index (χ0n) is 15.6. The van der Waals surface area contributed by atoms with Gasteiger partial charge in [0.05, 0.1) is 17.3 Å². The summed E-state index contributed by atoms with van der Waals surface area (Å²) in [6.07, 6.45) is 5.60. The summed E-state index contributed by atoms with van der Waals surface area (Å²) < 4.78 is 1.89. The zero-order valence-corrected chi connectivity index (χ0v) is 15.6. The smallest absolute Gasteiger partial charge is 0.231 e. The maximum Gasteiger partial charge on any atom is 0.231 e. The normalized spacial score (nSPS) is 12.4. The Balaban J connectivity index is 1.63. The highest BCUT2D eigenvalue weighted by Crippen LogP contribution is 2.26. The average molecular weight is 361 g/mol. The average Bonchev–Trinajstić information content (AvgIpc) is 3.32. The molecule has 0 fully saturated rings. The molecule has 7 heteroatoms. The second kappa shape index (κ2) is 7.11. The van der Waals surface area contributed by atoms with Crippen LogP contribution in [-0.4, -0.2) is 24.7 Å². The van der Waals surface area contributed by atoms with Crippen LogP contribution in [0.15, 0.2) is 55.0 Å². The number of aromatic nitrogens is 5. The van der Waals surface area contributed by atoms with Gasteiger partial charge in [-0.25, -0.2) is 0 Å². The van der Waals surface area contributed by atoms with Crippen LogP contribution in [0.4, 0.5) is 17.5 Å². The molecule has 0 aliphatic carbocycles. The summed E-state index contributed by atoms with van der Waals surface area (Å²) in [5, 5.41) is 12.1. The van der Waals surface area contributed by atoms with E-state index >= 15 is 0 Å². The fourth-order valence-electron chi connectivity index (χ4n) is 2.95. The summed E-state index contributed by atoms with van der Waals surface area (Å²) in [5.74, 6) is 1.31. The van der Waals surface area contributed by atoms with E-state index in [-0.39, 0.29) is 6.04 Å². The van der Waals surface area contributed by atoms with Crippen molar-refractivity contribution in [2.75, 3.05) is 10.6 Å². The van der Waals surface area contributed by atoms with Crippen LogP contribution < -0.4 is 10.6 Å². The predicted molar refractivity (Wildman–Crippen MR) is 108 cm³/mol. The minimum absolute atomic E-state index is 0.121. The topological polar surface area (TPSA) is 83.5 Å². The Bertz CT molecular complexity index is 1030. The van der Waals surface area contributed by atoms with Crippen molar-refractivity contribution in [1.29, 1.82) is 0 Å². The van der Waals surface area contributed by atoms with Crippen molar-refractivity contribution < 1.29 is 0 Å². The second-order valence-corrected chi connectivity index (χ2v) is 6.84. The number of hydrogen-bond acceptors (Lipinski definition) is 5. The largest absolute Gasteiger partial charge is 0.363 e. The Morgan fingerprint density at radius 2 is 1.85 bits per heavy atom. The molecule has 0 saturated heterocycles. The molecule has 0 aliphatic heterocycles. The minimum atomic E-state index is 0.121. The van der Waals surface area contributed by atoms with Crippen molar-refractivity contribution >= 4 is 28.5 Å². The van der Waals surface area contributed by atoms with Crippen molar-refractivity contribution in [1.82, 2.24) is 24.7 Å². The molecule has 138 valence electrons. The number of hydrogen-bond donors (Lipinski definition) is 3. The number of fused-ring (bicyclic) bond motifs is 1. The minimum Gasteiger partial charge on any atom is -0.363 e. The molecule has 4 rings (SSSR count). The summed E-state index contributed by atoms with van der Waals surface area (Å²) >= 11 is 0. The lowest BCUT2D eigenvalue weighted by Crippen LogP contribution is -2.09. The van der Waals surface area contributed by atoms with E-state index in [2.05, 4.69) is 58.6 Å². The molecule has 0 radical (unpaired) electrons. The van der Waals surface area contributed by atoms with Gasteiger partial charge in [-0.05, 0) is 32.4 Å². The van der Waals surface area contributed by atoms with Gasteiger partial charge in [0.15, 0.2) is 0 Å². The quantitative estimate of drug-likeness (QED) is 0.465. The number of nitrogens with one attached hydrogen (secondary N) is 3. The first-order valence-corrected chi connectivity index (χ1v) is 9.08. The van der Waals surface area contributed by atoms with Crippen molar-refractivity contribution in [3.05, 3.63) is 60.6 Å². The molecular formula is C20H23N7. The molecular weight excluding hydrogens is 338 g/mol. The molecule has 0 aliphatic rings. The lowest BCUT2D eigenvalue weighted by atomic mass is 10.1.